The van der Waals surface area contributed by atoms with Crippen molar-refractivity contribution < 1.29 is 0 Å². The Labute approximate surface area is 96.1 Å². The number of rotatable bonds is 4. The van der Waals surface area contributed by atoms with Gasteiger partial charge in [0.05, 0.1) is 11.2 Å². The number of aryl methyl sites for hydroxylation is 1. The second kappa shape index (κ2) is 3.87. The summed E-state index contributed by atoms with van der Waals surface area (Å²) in [6, 6.07) is 0.453. The van der Waals surface area contributed by atoms with E-state index in [0.29, 0.717) is 11.5 Å². The lowest BCUT2D eigenvalue weighted by Crippen LogP contribution is -2.22. The van der Waals surface area contributed by atoms with Gasteiger partial charge in [-0.05, 0) is 38.1 Å². The van der Waals surface area contributed by atoms with Gasteiger partial charge in [-0.2, -0.15) is 0 Å². The fourth-order valence-electron chi connectivity index (χ4n) is 2.06. The van der Waals surface area contributed by atoms with Crippen LogP contribution in [0.4, 0.5) is 0 Å². The van der Waals surface area contributed by atoms with Crippen molar-refractivity contribution in [1.82, 2.24) is 10.3 Å². The zero-order valence-electron chi connectivity index (χ0n) is 10.0. The van der Waals surface area contributed by atoms with Gasteiger partial charge in [0, 0.05) is 10.9 Å². The molecule has 0 aromatic carbocycles. The maximum Gasteiger partial charge on any atom is 0.0798 e. The first-order chi connectivity index (χ1) is 7.00. The van der Waals surface area contributed by atoms with Crippen molar-refractivity contribution in [3.05, 3.63) is 16.1 Å². The Balaban J connectivity index is 1.83. The van der Waals surface area contributed by atoms with E-state index >= 15 is 0 Å². The van der Waals surface area contributed by atoms with Gasteiger partial charge in [0.25, 0.3) is 0 Å². The number of nitrogens with zero attached hydrogens (tertiary/aromatic N) is 1. The van der Waals surface area contributed by atoms with Crippen LogP contribution in [0.25, 0.3) is 0 Å². The highest BCUT2D eigenvalue weighted by Crippen LogP contribution is 2.51. The summed E-state index contributed by atoms with van der Waals surface area (Å²) in [4.78, 5) is 5.67. The van der Waals surface area contributed by atoms with E-state index < -0.39 is 0 Å². The molecule has 1 fully saturated rings. The molecule has 1 N–H and O–H groups in total. The van der Waals surface area contributed by atoms with Crippen LogP contribution in [0.1, 0.15) is 43.8 Å². The molecule has 1 aliphatic carbocycles. The lowest BCUT2D eigenvalue weighted by atomic mass is 10.1. The predicted octanol–water partition coefficient (Wildman–Crippen LogP) is 3.15. The summed E-state index contributed by atoms with van der Waals surface area (Å²) in [5, 5.41) is 3.61. The minimum atomic E-state index is 0.453. The van der Waals surface area contributed by atoms with Gasteiger partial charge in [0.15, 0.2) is 0 Å². The minimum Gasteiger partial charge on any atom is -0.309 e. The molecule has 0 saturated heterocycles. The highest BCUT2D eigenvalue weighted by atomic mass is 32.1. The molecule has 1 aliphatic rings. The Kier molecular flexibility index (Phi) is 2.86. The molecule has 2 atom stereocenters. The lowest BCUT2D eigenvalue weighted by molar-refractivity contribution is 0.487. The topological polar surface area (TPSA) is 24.9 Å². The number of hydrogen-bond acceptors (Lipinski definition) is 3. The Morgan fingerprint density at radius 1 is 1.67 bits per heavy atom. The molecule has 2 nitrogen and oxygen atoms in total. The fraction of sp³-hybridized carbons (Fsp3) is 0.750. The van der Waals surface area contributed by atoms with E-state index in [0.717, 1.165) is 12.5 Å². The second-order valence-electron chi connectivity index (χ2n) is 5.32. The Hall–Kier alpha value is -0.410. The molecule has 15 heavy (non-hydrogen) atoms. The molecule has 2 rings (SSSR count). The largest absolute Gasteiger partial charge is 0.309 e. The quantitative estimate of drug-likeness (QED) is 0.850. The molecule has 0 radical (unpaired) electrons. The number of nitrogens with one attached hydrogen (secondary N) is 1. The highest BCUT2D eigenvalue weighted by Gasteiger charge is 2.44. The van der Waals surface area contributed by atoms with Crippen molar-refractivity contribution in [3.63, 3.8) is 0 Å². The van der Waals surface area contributed by atoms with Crippen molar-refractivity contribution in [2.24, 2.45) is 11.3 Å². The van der Waals surface area contributed by atoms with Crippen LogP contribution in [0.3, 0.4) is 0 Å². The van der Waals surface area contributed by atoms with Gasteiger partial charge in [-0.25, -0.2) is 4.98 Å². The van der Waals surface area contributed by atoms with E-state index in [9.17, 15) is 0 Å². The Morgan fingerprint density at radius 2 is 2.33 bits per heavy atom. The molecule has 2 unspecified atom stereocenters. The first-order valence-electron chi connectivity index (χ1n) is 5.64. The first-order valence-corrected chi connectivity index (χ1v) is 6.52. The van der Waals surface area contributed by atoms with Gasteiger partial charge in [0.1, 0.15) is 0 Å². The average molecular weight is 224 g/mol. The van der Waals surface area contributed by atoms with Crippen molar-refractivity contribution in [2.75, 3.05) is 6.54 Å². The summed E-state index contributed by atoms with van der Waals surface area (Å²) in [5.74, 6) is 0.869. The molecule has 3 heteroatoms. The molecular weight excluding hydrogens is 204 g/mol. The van der Waals surface area contributed by atoms with Crippen LogP contribution < -0.4 is 5.32 Å². The molecule has 0 aliphatic heterocycles. The highest BCUT2D eigenvalue weighted by molar-refractivity contribution is 7.09. The first kappa shape index (κ1) is 11.1. The standard InChI is InChI=1S/C12H20N2S/c1-8(11-9(2)14-7-15-11)13-6-10-5-12(10,3)4/h7-8,10,13H,5-6H2,1-4H3. The number of thiazole rings is 1. The molecule has 84 valence electrons. The molecular formula is C12H20N2S. The molecule has 1 aromatic rings. The van der Waals surface area contributed by atoms with Crippen LogP contribution >= 0.6 is 11.3 Å². The maximum atomic E-state index is 4.29. The third kappa shape index (κ3) is 2.40. The van der Waals surface area contributed by atoms with Crippen molar-refractivity contribution >= 4 is 11.3 Å². The molecule has 1 heterocycles. The minimum absolute atomic E-state index is 0.453. The summed E-state index contributed by atoms with van der Waals surface area (Å²) >= 11 is 1.76. The van der Waals surface area contributed by atoms with Crippen LogP contribution in [-0.4, -0.2) is 11.5 Å². The molecule has 1 saturated carbocycles. The van der Waals surface area contributed by atoms with Crippen molar-refractivity contribution in [1.29, 1.82) is 0 Å². The van der Waals surface area contributed by atoms with E-state index in [1.54, 1.807) is 11.3 Å². The van der Waals surface area contributed by atoms with Gasteiger partial charge >= 0.3 is 0 Å². The monoisotopic (exact) mass is 224 g/mol. The molecule has 1 aromatic heterocycles. The van der Waals surface area contributed by atoms with Crippen LogP contribution in [-0.2, 0) is 0 Å². The zero-order valence-corrected chi connectivity index (χ0v) is 10.8. The summed E-state index contributed by atoms with van der Waals surface area (Å²) in [5.41, 5.74) is 3.69. The molecule has 0 bridgehead atoms. The third-order valence-electron chi connectivity index (χ3n) is 3.56. The average Bonchev–Trinajstić information content (AvgIpc) is 2.58. The summed E-state index contributed by atoms with van der Waals surface area (Å²) in [6.45, 7) is 10.2. The van der Waals surface area contributed by atoms with Gasteiger partial charge < -0.3 is 5.32 Å². The predicted molar refractivity (Wildman–Crippen MR) is 65.2 cm³/mol. The Bertz CT molecular complexity index is 343. The van der Waals surface area contributed by atoms with E-state index in [2.05, 4.69) is 38.0 Å². The Morgan fingerprint density at radius 3 is 2.80 bits per heavy atom. The van der Waals surface area contributed by atoms with E-state index in [-0.39, 0.29) is 0 Å². The third-order valence-corrected chi connectivity index (χ3v) is 4.68. The summed E-state index contributed by atoms with van der Waals surface area (Å²) in [6.07, 6.45) is 1.37. The van der Waals surface area contributed by atoms with Crippen LogP contribution in [0, 0.1) is 18.3 Å². The maximum absolute atomic E-state index is 4.29. The molecule has 0 spiro atoms. The van der Waals surface area contributed by atoms with Crippen LogP contribution in [0.5, 0.6) is 0 Å². The zero-order chi connectivity index (χ0) is 11.1. The molecule has 0 amide bonds. The van der Waals surface area contributed by atoms with Gasteiger partial charge in [0.2, 0.25) is 0 Å². The smallest absolute Gasteiger partial charge is 0.0798 e. The second-order valence-corrected chi connectivity index (χ2v) is 6.21. The van der Waals surface area contributed by atoms with E-state index in [1.807, 2.05) is 5.51 Å². The van der Waals surface area contributed by atoms with E-state index in [1.165, 1.54) is 17.0 Å². The van der Waals surface area contributed by atoms with Crippen molar-refractivity contribution in [2.45, 2.75) is 40.2 Å². The number of aromatic nitrogens is 1. The van der Waals surface area contributed by atoms with E-state index in [4.69, 9.17) is 0 Å². The number of hydrogen-bond donors (Lipinski definition) is 1. The fourth-order valence-corrected chi connectivity index (χ4v) is 2.90. The lowest BCUT2D eigenvalue weighted by Gasteiger charge is -2.13. The van der Waals surface area contributed by atoms with Gasteiger partial charge in [-0.3, -0.25) is 0 Å². The van der Waals surface area contributed by atoms with Gasteiger partial charge in [-0.1, -0.05) is 13.8 Å². The SMILES string of the molecule is Cc1ncsc1C(C)NCC1CC1(C)C. The van der Waals surface area contributed by atoms with Crippen LogP contribution in [0.2, 0.25) is 0 Å². The normalized spacial score (nSPS) is 25.2. The van der Waals surface area contributed by atoms with Crippen molar-refractivity contribution in [3.8, 4) is 0 Å². The van der Waals surface area contributed by atoms with Gasteiger partial charge in [-0.15, -0.1) is 11.3 Å². The summed E-state index contributed by atoms with van der Waals surface area (Å²) < 4.78 is 0. The summed E-state index contributed by atoms with van der Waals surface area (Å²) in [7, 11) is 0. The van der Waals surface area contributed by atoms with Crippen LogP contribution in [0.15, 0.2) is 5.51 Å².